The van der Waals surface area contributed by atoms with Crippen LogP contribution in [0.2, 0.25) is 10.0 Å². The summed E-state index contributed by atoms with van der Waals surface area (Å²) in [6, 6.07) is 6.32. The fourth-order valence-electron chi connectivity index (χ4n) is 1.98. The number of benzene rings is 1. The van der Waals surface area contributed by atoms with Crippen molar-refractivity contribution in [3.8, 4) is 0 Å². The molecule has 0 amide bonds. The molecule has 1 saturated carbocycles. The first-order valence-electron chi connectivity index (χ1n) is 6.07. The third kappa shape index (κ3) is 3.61. The van der Waals surface area contributed by atoms with E-state index in [9.17, 15) is 0 Å². The second-order valence-corrected chi connectivity index (χ2v) is 5.47. The van der Waals surface area contributed by atoms with E-state index in [-0.39, 0.29) is 5.84 Å². The van der Waals surface area contributed by atoms with Gasteiger partial charge in [0.05, 0.1) is 15.9 Å². The lowest BCUT2D eigenvalue weighted by Gasteiger charge is -2.22. The first kappa shape index (κ1) is 13.7. The van der Waals surface area contributed by atoms with Crippen LogP contribution in [0.5, 0.6) is 0 Å². The summed E-state index contributed by atoms with van der Waals surface area (Å²) in [7, 11) is 0. The first-order valence-corrected chi connectivity index (χ1v) is 6.83. The Labute approximate surface area is 117 Å². The van der Waals surface area contributed by atoms with Crippen molar-refractivity contribution in [1.29, 1.82) is 5.41 Å². The van der Waals surface area contributed by atoms with Crippen molar-refractivity contribution in [3.63, 3.8) is 0 Å². The Kier molecular flexibility index (Phi) is 4.49. The molecule has 1 aliphatic carbocycles. The molecule has 0 bridgehead atoms. The van der Waals surface area contributed by atoms with Crippen LogP contribution in [0, 0.1) is 5.41 Å². The summed E-state index contributed by atoms with van der Waals surface area (Å²) >= 11 is 12.2. The number of hydrogen-bond acceptors (Lipinski definition) is 2. The van der Waals surface area contributed by atoms with Gasteiger partial charge in [0.1, 0.15) is 0 Å². The van der Waals surface area contributed by atoms with Gasteiger partial charge < -0.3 is 5.73 Å². The Balaban J connectivity index is 2.04. The number of halogens is 2. The third-order valence-electron chi connectivity index (χ3n) is 3.14. The van der Waals surface area contributed by atoms with Crippen LogP contribution in [0.25, 0.3) is 0 Å². The molecule has 1 aromatic carbocycles. The van der Waals surface area contributed by atoms with Crippen molar-refractivity contribution in [2.45, 2.75) is 31.8 Å². The van der Waals surface area contributed by atoms with Crippen LogP contribution in [0.3, 0.4) is 0 Å². The maximum absolute atomic E-state index is 7.31. The van der Waals surface area contributed by atoms with Gasteiger partial charge in [0.2, 0.25) is 0 Å². The van der Waals surface area contributed by atoms with Gasteiger partial charge >= 0.3 is 0 Å². The van der Waals surface area contributed by atoms with Gasteiger partial charge in [-0.05, 0) is 24.5 Å². The van der Waals surface area contributed by atoms with E-state index >= 15 is 0 Å². The number of amidine groups is 1. The molecule has 0 saturated heterocycles. The lowest BCUT2D eigenvalue weighted by atomic mass is 10.2. The molecule has 18 heavy (non-hydrogen) atoms. The molecule has 98 valence electrons. The maximum Gasteiger partial charge on any atom is 0.0918 e. The maximum atomic E-state index is 7.31. The summed E-state index contributed by atoms with van der Waals surface area (Å²) in [5.41, 5.74) is 6.46. The van der Waals surface area contributed by atoms with E-state index in [1.807, 2.05) is 12.1 Å². The van der Waals surface area contributed by atoms with Crippen LogP contribution in [-0.2, 0) is 6.54 Å². The van der Waals surface area contributed by atoms with E-state index in [0.29, 0.717) is 22.5 Å². The molecule has 3 N–H and O–H groups in total. The molecular formula is C13H17Cl2N3. The average Bonchev–Trinajstić information content (AvgIpc) is 3.13. The van der Waals surface area contributed by atoms with Crippen molar-refractivity contribution in [2.24, 2.45) is 5.73 Å². The predicted octanol–water partition coefficient (Wildman–Crippen LogP) is 3.28. The molecular weight excluding hydrogens is 269 g/mol. The molecule has 0 unspecified atom stereocenters. The average molecular weight is 286 g/mol. The minimum atomic E-state index is 0.234. The molecule has 3 nitrogen and oxygen atoms in total. The van der Waals surface area contributed by atoms with Gasteiger partial charge in [-0.25, -0.2) is 0 Å². The number of nitrogens with one attached hydrogen (secondary N) is 1. The molecule has 0 aromatic heterocycles. The van der Waals surface area contributed by atoms with Crippen LogP contribution in [0.1, 0.15) is 24.8 Å². The Morgan fingerprint density at radius 1 is 1.39 bits per heavy atom. The van der Waals surface area contributed by atoms with Crippen LogP contribution in [0.4, 0.5) is 0 Å². The lowest BCUT2D eigenvalue weighted by Crippen LogP contribution is -2.29. The van der Waals surface area contributed by atoms with Gasteiger partial charge in [-0.15, -0.1) is 0 Å². The zero-order valence-corrected chi connectivity index (χ0v) is 11.6. The third-order valence-corrected chi connectivity index (χ3v) is 3.99. The number of rotatable bonds is 6. The largest absolute Gasteiger partial charge is 0.388 e. The van der Waals surface area contributed by atoms with Crippen molar-refractivity contribution in [1.82, 2.24) is 4.90 Å². The fraction of sp³-hybridized carbons (Fsp3) is 0.462. The monoisotopic (exact) mass is 285 g/mol. The number of hydrogen-bond donors (Lipinski definition) is 2. The van der Waals surface area contributed by atoms with E-state index < -0.39 is 0 Å². The topological polar surface area (TPSA) is 53.1 Å². The van der Waals surface area contributed by atoms with Crippen LogP contribution in [-0.4, -0.2) is 23.3 Å². The van der Waals surface area contributed by atoms with E-state index in [1.54, 1.807) is 6.07 Å². The lowest BCUT2D eigenvalue weighted by molar-refractivity contribution is 0.262. The zero-order chi connectivity index (χ0) is 13.1. The quantitative estimate of drug-likeness (QED) is 0.623. The van der Waals surface area contributed by atoms with E-state index in [4.69, 9.17) is 34.3 Å². The highest BCUT2D eigenvalue weighted by molar-refractivity contribution is 6.42. The minimum absolute atomic E-state index is 0.234. The second-order valence-electron chi connectivity index (χ2n) is 4.69. The highest BCUT2D eigenvalue weighted by atomic mass is 35.5. The standard InChI is InChI=1S/C13H17Cl2N3/c14-11-3-1-2-9(13(11)15)8-18(10-4-5-10)7-6-12(16)17/h1-3,10H,4-8H2,(H3,16,17). The molecule has 0 heterocycles. The summed E-state index contributed by atoms with van der Waals surface area (Å²) in [6.45, 7) is 1.58. The molecule has 0 spiro atoms. The summed E-state index contributed by atoms with van der Waals surface area (Å²) in [4.78, 5) is 2.33. The molecule has 0 aliphatic heterocycles. The summed E-state index contributed by atoms with van der Waals surface area (Å²) in [5, 5.41) is 8.54. The van der Waals surface area contributed by atoms with Crippen LogP contribution < -0.4 is 5.73 Å². The van der Waals surface area contributed by atoms with Crippen molar-refractivity contribution < 1.29 is 0 Å². The smallest absolute Gasteiger partial charge is 0.0918 e. The number of nitrogens with zero attached hydrogens (tertiary/aromatic N) is 1. The number of nitrogens with two attached hydrogens (primary N) is 1. The van der Waals surface area contributed by atoms with Gasteiger partial charge in [-0.3, -0.25) is 10.3 Å². The fourth-order valence-corrected chi connectivity index (χ4v) is 2.36. The Morgan fingerprint density at radius 2 is 2.11 bits per heavy atom. The summed E-state index contributed by atoms with van der Waals surface area (Å²) in [6.07, 6.45) is 3.04. The van der Waals surface area contributed by atoms with E-state index in [1.165, 1.54) is 12.8 Å². The van der Waals surface area contributed by atoms with Gasteiger partial charge in [0, 0.05) is 25.6 Å². The highest BCUT2D eigenvalue weighted by Gasteiger charge is 2.29. The molecule has 1 aliphatic rings. The van der Waals surface area contributed by atoms with Gasteiger partial charge in [0.25, 0.3) is 0 Å². The Morgan fingerprint density at radius 3 is 2.72 bits per heavy atom. The molecule has 0 radical (unpaired) electrons. The van der Waals surface area contributed by atoms with Crippen molar-refractivity contribution in [3.05, 3.63) is 33.8 Å². The Bertz CT molecular complexity index is 444. The van der Waals surface area contributed by atoms with Crippen LogP contribution in [0.15, 0.2) is 18.2 Å². The summed E-state index contributed by atoms with van der Waals surface area (Å²) in [5.74, 6) is 0.234. The molecule has 2 rings (SSSR count). The van der Waals surface area contributed by atoms with Crippen molar-refractivity contribution >= 4 is 29.0 Å². The highest BCUT2D eigenvalue weighted by Crippen LogP contribution is 2.31. The molecule has 1 aromatic rings. The molecule has 1 fully saturated rings. The normalized spacial score (nSPS) is 15.1. The van der Waals surface area contributed by atoms with E-state index in [0.717, 1.165) is 18.7 Å². The second kappa shape index (κ2) is 5.91. The zero-order valence-electron chi connectivity index (χ0n) is 10.1. The van der Waals surface area contributed by atoms with Gasteiger partial charge in [0.15, 0.2) is 0 Å². The minimum Gasteiger partial charge on any atom is -0.388 e. The molecule has 5 heteroatoms. The van der Waals surface area contributed by atoms with Gasteiger partial charge in [-0.1, -0.05) is 35.3 Å². The van der Waals surface area contributed by atoms with Crippen LogP contribution >= 0.6 is 23.2 Å². The summed E-state index contributed by atoms with van der Waals surface area (Å²) < 4.78 is 0. The van der Waals surface area contributed by atoms with Crippen molar-refractivity contribution in [2.75, 3.05) is 6.54 Å². The predicted molar refractivity (Wildman–Crippen MR) is 76.4 cm³/mol. The molecule has 0 atom stereocenters. The SMILES string of the molecule is N=C(N)CCN(Cc1cccc(Cl)c1Cl)C1CC1. The van der Waals surface area contributed by atoms with E-state index in [2.05, 4.69) is 4.90 Å². The Hall–Kier alpha value is -0.770. The van der Waals surface area contributed by atoms with Gasteiger partial charge in [-0.2, -0.15) is 0 Å². The first-order chi connectivity index (χ1) is 8.58.